The summed E-state index contributed by atoms with van der Waals surface area (Å²) in [6.45, 7) is 8.62. The monoisotopic (exact) mass is 426 g/mol. The maximum absolute atomic E-state index is 13.2. The van der Waals surface area contributed by atoms with Crippen LogP contribution in [-0.2, 0) is 20.4 Å². The highest BCUT2D eigenvalue weighted by molar-refractivity contribution is 6.26. The summed E-state index contributed by atoms with van der Waals surface area (Å²) in [4.78, 5) is 30.6. The number of likely N-dealkylation sites (N-methyl/N-ethyl adjacent to an activating group) is 2. The average molecular weight is 427 g/mol. The molecule has 2 heterocycles. The Hall–Kier alpha value is -3.14. The van der Waals surface area contributed by atoms with Crippen molar-refractivity contribution in [1.82, 2.24) is 0 Å². The lowest BCUT2D eigenvalue weighted by atomic mass is 9.69. The molecule has 3 aliphatic rings. The molecule has 5 rings (SSSR count). The predicted molar refractivity (Wildman–Crippen MR) is 129 cm³/mol. The minimum Gasteiger partial charge on any atom is -0.347 e. The topological polar surface area (TPSA) is 40.6 Å². The second-order valence-corrected chi connectivity index (χ2v) is 10.3. The van der Waals surface area contributed by atoms with Crippen molar-refractivity contribution in [2.45, 2.75) is 38.5 Å². The Kier molecular flexibility index (Phi) is 4.33. The van der Waals surface area contributed by atoms with E-state index in [9.17, 15) is 9.59 Å². The zero-order valence-corrected chi connectivity index (χ0v) is 19.6. The summed E-state index contributed by atoms with van der Waals surface area (Å²) in [5.41, 5.74) is 6.25. The lowest BCUT2D eigenvalue weighted by molar-refractivity contribution is -0.146. The van der Waals surface area contributed by atoms with Gasteiger partial charge in [0.25, 0.3) is 0 Å². The molecule has 0 aromatic heterocycles. The molecule has 0 amide bonds. The summed E-state index contributed by atoms with van der Waals surface area (Å²) < 4.78 is 0. The number of fused-ring (bicyclic) bond motifs is 2. The van der Waals surface area contributed by atoms with Crippen LogP contribution in [0.4, 0.5) is 11.4 Å². The Morgan fingerprint density at radius 3 is 1.34 bits per heavy atom. The van der Waals surface area contributed by atoms with E-state index in [0.29, 0.717) is 0 Å². The molecule has 0 N–H and O–H groups in total. The van der Waals surface area contributed by atoms with E-state index in [-0.39, 0.29) is 22.4 Å². The van der Waals surface area contributed by atoms with Crippen molar-refractivity contribution >= 4 is 22.9 Å². The van der Waals surface area contributed by atoms with Crippen LogP contribution in [0.3, 0.4) is 0 Å². The third kappa shape index (κ3) is 2.62. The molecule has 164 valence electrons. The molecule has 4 heteroatoms. The molecule has 2 aromatic carbocycles. The maximum Gasteiger partial charge on any atom is 0.161 e. The van der Waals surface area contributed by atoms with Crippen molar-refractivity contribution in [3.63, 3.8) is 0 Å². The summed E-state index contributed by atoms with van der Waals surface area (Å²) in [6.07, 6.45) is 3.80. The van der Waals surface area contributed by atoms with Crippen LogP contribution in [0, 0.1) is 11.8 Å². The van der Waals surface area contributed by atoms with Gasteiger partial charge in [0.05, 0.1) is 11.8 Å². The largest absolute Gasteiger partial charge is 0.347 e. The first kappa shape index (κ1) is 20.7. The number of Topliss-reactive ketones (excluding diaryl/α,β-unsaturated/α-hetero) is 2. The summed E-state index contributed by atoms with van der Waals surface area (Å²) in [7, 11) is 4.03. The van der Waals surface area contributed by atoms with Crippen LogP contribution in [0.25, 0.3) is 0 Å². The SMILES string of the molecule is CN1/C(=C/C2C(=O)C(/C=C3/N(C)c4ccccc4C3(C)C)C2=O)C(C)(C)c2ccccc21. The minimum atomic E-state index is -0.667. The van der Waals surface area contributed by atoms with Gasteiger partial charge in [0, 0.05) is 47.7 Å². The van der Waals surface area contributed by atoms with Crippen LogP contribution in [0.5, 0.6) is 0 Å². The molecule has 32 heavy (non-hydrogen) atoms. The third-order valence-corrected chi connectivity index (χ3v) is 7.76. The lowest BCUT2D eigenvalue weighted by Gasteiger charge is -2.33. The number of hydrogen-bond donors (Lipinski definition) is 0. The van der Waals surface area contributed by atoms with Gasteiger partial charge in [-0.15, -0.1) is 0 Å². The van der Waals surface area contributed by atoms with Crippen LogP contribution in [0.1, 0.15) is 38.8 Å². The zero-order valence-electron chi connectivity index (χ0n) is 19.6. The van der Waals surface area contributed by atoms with E-state index in [4.69, 9.17) is 0 Å². The van der Waals surface area contributed by atoms with E-state index in [2.05, 4.69) is 61.8 Å². The summed E-state index contributed by atoms with van der Waals surface area (Å²) in [6, 6.07) is 16.5. The third-order valence-electron chi connectivity index (χ3n) is 7.76. The number of carbonyl (C=O) groups is 2. The quantitative estimate of drug-likeness (QED) is 0.634. The van der Waals surface area contributed by atoms with E-state index < -0.39 is 11.8 Å². The first-order valence-electron chi connectivity index (χ1n) is 11.3. The van der Waals surface area contributed by atoms with E-state index >= 15 is 0 Å². The second kappa shape index (κ2) is 6.68. The number of anilines is 2. The van der Waals surface area contributed by atoms with Gasteiger partial charge in [-0.05, 0) is 35.4 Å². The first-order valence-corrected chi connectivity index (χ1v) is 11.3. The van der Waals surface area contributed by atoms with Gasteiger partial charge in [-0.2, -0.15) is 0 Å². The number of allylic oxidation sites excluding steroid dienone is 4. The fourth-order valence-electron chi connectivity index (χ4n) is 5.82. The normalized spacial score (nSPS) is 27.7. The van der Waals surface area contributed by atoms with Gasteiger partial charge in [-0.1, -0.05) is 64.1 Å². The van der Waals surface area contributed by atoms with Gasteiger partial charge < -0.3 is 9.80 Å². The Bertz CT molecular complexity index is 1110. The van der Waals surface area contributed by atoms with Crippen molar-refractivity contribution in [1.29, 1.82) is 0 Å². The maximum atomic E-state index is 13.2. The molecule has 0 atom stereocenters. The van der Waals surface area contributed by atoms with Crippen LogP contribution < -0.4 is 9.80 Å². The van der Waals surface area contributed by atoms with Gasteiger partial charge in [0.1, 0.15) is 0 Å². The number of ketones is 2. The smallest absolute Gasteiger partial charge is 0.161 e. The highest BCUT2D eigenvalue weighted by Gasteiger charge is 2.50. The number of nitrogens with zero attached hydrogens (tertiary/aromatic N) is 2. The summed E-state index contributed by atoms with van der Waals surface area (Å²) in [5.74, 6) is -1.34. The summed E-state index contributed by atoms with van der Waals surface area (Å²) >= 11 is 0. The number of benzene rings is 2. The Morgan fingerprint density at radius 2 is 1.00 bits per heavy atom. The highest BCUT2D eigenvalue weighted by atomic mass is 16.2. The van der Waals surface area contributed by atoms with Crippen LogP contribution in [-0.4, -0.2) is 25.7 Å². The molecule has 2 aromatic rings. The molecular formula is C28H30N2O2. The van der Waals surface area contributed by atoms with Crippen molar-refractivity contribution in [2.24, 2.45) is 11.8 Å². The van der Waals surface area contributed by atoms with Crippen molar-refractivity contribution < 1.29 is 9.59 Å². The van der Waals surface area contributed by atoms with Crippen LogP contribution >= 0.6 is 0 Å². The van der Waals surface area contributed by atoms with Crippen LogP contribution in [0.2, 0.25) is 0 Å². The van der Waals surface area contributed by atoms with E-state index in [1.165, 1.54) is 11.1 Å². The predicted octanol–water partition coefficient (Wildman–Crippen LogP) is 4.99. The van der Waals surface area contributed by atoms with Crippen molar-refractivity contribution in [3.8, 4) is 0 Å². The van der Waals surface area contributed by atoms with E-state index in [0.717, 1.165) is 22.8 Å². The number of hydrogen-bond acceptors (Lipinski definition) is 4. The van der Waals surface area contributed by atoms with Crippen LogP contribution in [0.15, 0.2) is 72.1 Å². The van der Waals surface area contributed by atoms with Gasteiger partial charge in [-0.25, -0.2) is 0 Å². The number of carbonyl (C=O) groups excluding carboxylic acids is 2. The van der Waals surface area contributed by atoms with Crippen molar-refractivity contribution in [3.05, 3.63) is 83.2 Å². The lowest BCUT2D eigenvalue weighted by Crippen LogP contribution is -2.48. The summed E-state index contributed by atoms with van der Waals surface area (Å²) in [5, 5.41) is 0. The van der Waals surface area contributed by atoms with Crippen molar-refractivity contribution in [2.75, 3.05) is 23.9 Å². The fourth-order valence-corrected chi connectivity index (χ4v) is 5.82. The number of rotatable bonds is 2. The zero-order chi connectivity index (χ0) is 23.0. The van der Waals surface area contributed by atoms with Gasteiger partial charge in [0.15, 0.2) is 11.6 Å². The molecule has 0 bridgehead atoms. The molecule has 0 radical (unpaired) electrons. The standard InChI is InChI=1S/C28H30N2O2/c1-27(2)19-11-7-9-13-21(19)29(5)23(27)15-17-25(31)18(26(17)32)16-24-28(3,4)20-12-8-10-14-22(20)30(24)6/h7-18H,1-6H3/b23-15+,24-16+. The number of para-hydroxylation sites is 2. The Labute approximate surface area is 190 Å². The molecule has 1 saturated carbocycles. The molecule has 2 aliphatic heterocycles. The minimum absolute atomic E-state index is 0.00434. The highest BCUT2D eigenvalue weighted by Crippen LogP contribution is 2.50. The first-order chi connectivity index (χ1) is 15.1. The van der Waals surface area contributed by atoms with E-state index in [1.54, 1.807) is 0 Å². The molecule has 4 nitrogen and oxygen atoms in total. The van der Waals surface area contributed by atoms with Gasteiger partial charge >= 0.3 is 0 Å². The average Bonchev–Trinajstić information content (AvgIpc) is 3.09. The Balaban J connectivity index is 1.45. The Morgan fingerprint density at radius 1 is 0.656 bits per heavy atom. The molecule has 1 aliphatic carbocycles. The van der Waals surface area contributed by atoms with Gasteiger partial charge in [0.2, 0.25) is 0 Å². The van der Waals surface area contributed by atoms with E-state index in [1.807, 2.05) is 50.5 Å². The second-order valence-electron chi connectivity index (χ2n) is 10.3. The fraction of sp³-hybridized carbons (Fsp3) is 0.357. The molecule has 1 fully saturated rings. The molecule has 0 spiro atoms. The molecule has 0 unspecified atom stereocenters. The van der Waals surface area contributed by atoms with Gasteiger partial charge in [-0.3, -0.25) is 9.59 Å². The molecule has 0 saturated heterocycles. The molecular weight excluding hydrogens is 396 g/mol.